The first-order chi connectivity index (χ1) is 11.1. The van der Waals surface area contributed by atoms with Crippen molar-refractivity contribution in [3.63, 3.8) is 0 Å². The highest BCUT2D eigenvalue weighted by Gasteiger charge is 2.19. The molecular weight excluding hydrogens is 372 g/mol. The fraction of sp³-hybridized carbons (Fsp3) is 0.200. The van der Waals surface area contributed by atoms with Crippen LogP contribution in [0, 0.1) is 0 Å². The minimum absolute atomic E-state index is 0.0211. The van der Waals surface area contributed by atoms with Gasteiger partial charge in [-0.1, -0.05) is 29.8 Å². The van der Waals surface area contributed by atoms with Gasteiger partial charge in [0, 0.05) is 25.7 Å². The molecule has 2 rings (SSSR count). The van der Waals surface area contributed by atoms with Gasteiger partial charge >= 0.3 is 0 Å². The lowest BCUT2D eigenvalue weighted by Gasteiger charge is -2.12. The van der Waals surface area contributed by atoms with Crippen LogP contribution in [0.15, 0.2) is 58.3 Å². The van der Waals surface area contributed by atoms with Crippen molar-refractivity contribution in [2.24, 2.45) is 0 Å². The number of nitrogens with zero attached hydrogens (tertiary/aromatic N) is 1. The van der Waals surface area contributed by atoms with Gasteiger partial charge in [0.2, 0.25) is 20.0 Å². The van der Waals surface area contributed by atoms with Crippen molar-refractivity contribution in [2.45, 2.75) is 16.3 Å². The van der Waals surface area contributed by atoms with Gasteiger partial charge in [0.25, 0.3) is 0 Å². The van der Waals surface area contributed by atoms with Gasteiger partial charge in [-0.3, -0.25) is 0 Å². The SMILES string of the molecule is CN(C)S(=O)(=O)c1ccc(S(=O)(=O)NCc2ccccc2Cl)cc1. The van der Waals surface area contributed by atoms with Crippen molar-refractivity contribution in [3.05, 3.63) is 59.1 Å². The van der Waals surface area contributed by atoms with Gasteiger partial charge in [-0.2, -0.15) is 0 Å². The lowest BCUT2D eigenvalue weighted by atomic mass is 10.2. The van der Waals surface area contributed by atoms with Crippen LogP contribution in [0.1, 0.15) is 5.56 Å². The Hall–Kier alpha value is -1.45. The van der Waals surface area contributed by atoms with E-state index >= 15 is 0 Å². The first kappa shape index (κ1) is 18.9. The molecule has 2 aromatic carbocycles. The van der Waals surface area contributed by atoms with E-state index < -0.39 is 20.0 Å². The van der Waals surface area contributed by atoms with Crippen LogP contribution in [0.5, 0.6) is 0 Å². The average molecular weight is 389 g/mol. The monoisotopic (exact) mass is 388 g/mol. The number of benzene rings is 2. The molecule has 0 heterocycles. The summed E-state index contributed by atoms with van der Waals surface area (Å²) in [5.74, 6) is 0. The van der Waals surface area contributed by atoms with E-state index in [1.54, 1.807) is 24.3 Å². The minimum atomic E-state index is -3.77. The molecule has 0 unspecified atom stereocenters. The third kappa shape index (κ3) is 4.14. The molecular formula is C15H17ClN2O4S2. The average Bonchev–Trinajstić information content (AvgIpc) is 2.54. The Balaban J connectivity index is 2.20. The molecule has 0 amide bonds. The molecule has 0 saturated carbocycles. The highest BCUT2D eigenvalue weighted by atomic mass is 35.5. The highest BCUT2D eigenvalue weighted by Crippen LogP contribution is 2.18. The molecule has 24 heavy (non-hydrogen) atoms. The van der Waals surface area contributed by atoms with Gasteiger partial charge in [-0.25, -0.2) is 25.9 Å². The molecule has 0 radical (unpaired) electrons. The molecule has 0 aliphatic heterocycles. The van der Waals surface area contributed by atoms with Gasteiger partial charge in [-0.05, 0) is 35.9 Å². The van der Waals surface area contributed by atoms with Crippen molar-refractivity contribution in [1.82, 2.24) is 9.03 Å². The molecule has 0 aromatic heterocycles. The maximum Gasteiger partial charge on any atom is 0.242 e. The molecule has 0 atom stereocenters. The third-order valence-electron chi connectivity index (χ3n) is 3.32. The number of rotatable bonds is 6. The second-order valence-electron chi connectivity index (χ2n) is 5.17. The molecule has 0 fully saturated rings. The quantitative estimate of drug-likeness (QED) is 0.821. The van der Waals surface area contributed by atoms with Crippen molar-refractivity contribution in [3.8, 4) is 0 Å². The van der Waals surface area contributed by atoms with Gasteiger partial charge in [0.05, 0.1) is 9.79 Å². The maximum absolute atomic E-state index is 12.3. The van der Waals surface area contributed by atoms with Gasteiger partial charge in [0.1, 0.15) is 0 Å². The zero-order chi connectivity index (χ0) is 18.0. The summed E-state index contributed by atoms with van der Waals surface area (Å²) in [6, 6.07) is 11.9. The van der Waals surface area contributed by atoms with Gasteiger partial charge < -0.3 is 0 Å². The van der Waals surface area contributed by atoms with Crippen LogP contribution in [0.2, 0.25) is 5.02 Å². The van der Waals surface area contributed by atoms with E-state index in [0.717, 1.165) is 4.31 Å². The smallest absolute Gasteiger partial charge is 0.207 e. The van der Waals surface area contributed by atoms with Crippen LogP contribution >= 0.6 is 11.6 Å². The number of hydrogen-bond acceptors (Lipinski definition) is 4. The number of hydrogen-bond donors (Lipinski definition) is 1. The Labute approximate surface area is 147 Å². The fourth-order valence-electron chi connectivity index (χ4n) is 1.90. The van der Waals surface area contributed by atoms with Crippen LogP contribution in [0.4, 0.5) is 0 Å². The van der Waals surface area contributed by atoms with E-state index in [0.29, 0.717) is 10.6 Å². The van der Waals surface area contributed by atoms with E-state index in [1.807, 2.05) is 0 Å². The van der Waals surface area contributed by atoms with Gasteiger partial charge in [0.15, 0.2) is 0 Å². The molecule has 0 bridgehead atoms. The molecule has 0 spiro atoms. The largest absolute Gasteiger partial charge is 0.242 e. The number of nitrogens with one attached hydrogen (secondary N) is 1. The van der Waals surface area contributed by atoms with Crippen LogP contribution in [-0.2, 0) is 26.6 Å². The second-order valence-corrected chi connectivity index (χ2v) is 9.50. The summed E-state index contributed by atoms with van der Waals surface area (Å²) in [5, 5.41) is 0.465. The maximum atomic E-state index is 12.3. The van der Waals surface area contributed by atoms with Crippen molar-refractivity contribution in [2.75, 3.05) is 14.1 Å². The fourth-order valence-corrected chi connectivity index (χ4v) is 4.01. The predicted molar refractivity (Wildman–Crippen MR) is 92.8 cm³/mol. The third-order valence-corrected chi connectivity index (χ3v) is 6.94. The van der Waals surface area contributed by atoms with Crippen LogP contribution in [0.25, 0.3) is 0 Å². The summed E-state index contributed by atoms with van der Waals surface area (Å²) in [6.07, 6.45) is 0. The number of sulfonamides is 2. The Morgan fingerprint density at radius 1 is 0.917 bits per heavy atom. The van der Waals surface area contributed by atoms with Crippen molar-refractivity contribution < 1.29 is 16.8 Å². The van der Waals surface area contributed by atoms with Crippen LogP contribution in [-0.4, -0.2) is 35.2 Å². The first-order valence-electron chi connectivity index (χ1n) is 6.90. The van der Waals surface area contributed by atoms with Crippen LogP contribution < -0.4 is 4.72 Å². The minimum Gasteiger partial charge on any atom is -0.207 e. The lowest BCUT2D eigenvalue weighted by Crippen LogP contribution is -2.24. The summed E-state index contributed by atoms with van der Waals surface area (Å²) in [7, 11) is -4.56. The summed E-state index contributed by atoms with van der Waals surface area (Å²) >= 11 is 5.99. The zero-order valence-corrected chi connectivity index (χ0v) is 15.5. The molecule has 2 aromatic rings. The van der Waals surface area contributed by atoms with Crippen molar-refractivity contribution in [1.29, 1.82) is 0 Å². The molecule has 6 nitrogen and oxygen atoms in total. The van der Waals surface area contributed by atoms with E-state index in [4.69, 9.17) is 11.6 Å². The normalized spacial score (nSPS) is 12.5. The number of halogens is 1. The van der Waals surface area contributed by atoms with E-state index in [2.05, 4.69) is 4.72 Å². The first-order valence-corrected chi connectivity index (χ1v) is 10.2. The van der Waals surface area contributed by atoms with Crippen LogP contribution in [0.3, 0.4) is 0 Å². The molecule has 1 N–H and O–H groups in total. The lowest BCUT2D eigenvalue weighted by molar-refractivity contribution is 0.520. The molecule has 9 heteroatoms. The summed E-state index contributed by atoms with van der Waals surface area (Å²) in [6.45, 7) is 0.0414. The van der Waals surface area contributed by atoms with E-state index in [9.17, 15) is 16.8 Å². The Bertz CT molecular complexity index is 924. The summed E-state index contributed by atoms with van der Waals surface area (Å²) in [4.78, 5) is 0.00446. The van der Waals surface area contributed by atoms with Gasteiger partial charge in [-0.15, -0.1) is 0 Å². The Morgan fingerprint density at radius 2 is 1.46 bits per heavy atom. The topological polar surface area (TPSA) is 83.6 Å². The standard InChI is InChI=1S/C15H17ClN2O4S2/c1-18(2)24(21,22)14-9-7-13(8-10-14)23(19,20)17-11-12-5-3-4-6-15(12)16/h3-10,17H,11H2,1-2H3. The molecule has 130 valence electrons. The Morgan fingerprint density at radius 3 is 2.00 bits per heavy atom. The molecule has 0 aliphatic carbocycles. The molecule has 0 aliphatic rings. The Kier molecular flexibility index (Phi) is 5.67. The molecule has 0 saturated heterocycles. The zero-order valence-electron chi connectivity index (χ0n) is 13.1. The summed E-state index contributed by atoms with van der Waals surface area (Å²) in [5.41, 5.74) is 0.648. The second kappa shape index (κ2) is 7.20. The van der Waals surface area contributed by atoms with E-state index in [1.165, 1.54) is 38.4 Å². The summed E-state index contributed by atoms with van der Waals surface area (Å²) < 4.78 is 52.1. The van der Waals surface area contributed by atoms with E-state index in [-0.39, 0.29) is 16.3 Å². The highest BCUT2D eigenvalue weighted by molar-refractivity contribution is 7.89. The predicted octanol–water partition coefficient (Wildman–Crippen LogP) is 2.07. The van der Waals surface area contributed by atoms with Crippen molar-refractivity contribution >= 4 is 31.6 Å².